The van der Waals surface area contributed by atoms with E-state index in [-0.39, 0.29) is 15.6 Å². The van der Waals surface area contributed by atoms with Gasteiger partial charge in [-0.15, -0.1) is 5.10 Å². The monoisotopic (exact) mass is 349 g/mol. The van der Waals surface area contributed by atoms with Crippen LogP contribution in [0.4, 0.5) is 0 Å². The number of nitrogens with two attached hydrogens (primary N) is 1. The molecule has 0 aliphatic rings. The molecule has 0 heterocycles. The number of rotatable bonds is 5. The standard InChI is InChI=1S/C15H15N3O3S2/c16-15(22-11-12-6-2-1-3-7-12)18-17-10-13-8-4-5-9-14(13)23(19,20)21/h1-10H,11H2,(H2,16,18)(H,19,20,21). The third kappa shape index (κ3) is 5.51. The molecule has 0 atom stereocenters. The van der Waals surface area contributed by atoms with E-state index in [0.29, 0.717) is 5.75 Å². The van der Waals surface area contributed by atoms with E-state index < -0.39 is 10.1 Å². The average molecular weight is 349 g/mol. The Hall–Kier alpha value is -2.16. The van der Waals surface area contributed by atoms with E-state index in [2.05, 4.69) is 10.2 Å². The number of hydrogen-bond donors (Lipinski definition) is 2. The zero-order chi connectivity index (χ0) is 16.7. The van der Waals surface area contributed by atoms with Crippen molar-refractivity contribution in [2.24, 2.45) is 15.9 Å². The van der Waals surface area contributed by atoms with Crippen LogP contribution in [0.25, 0.3) is 0 Å². The minimum absolute atomic E-state index is 0.227. The molecule has 0 aliphatic heterocycles. The lowest BCUT2D eigenvalue weighted by Gasteiger charge is -2.01. The zero-order valence-electron chi connectivity index (χ0n) is 12.0. The van der Waals surface area contributed by atoms with Crippen molar-refractivity contribution < 1.29 is 13.0 Å². The van der Waals surface area contributed by atoms with Crippen LogP contribution in [0, 0.1) is 0 Å². The Kier molecular flexibility index (Phi) is 5.91. The molecule has 2 aromatic carbocycles. The average Bonchev–Trinajstić information content (AvgIpc) is 2.53. The van der Waals surface area contributed by atoms with E-state index in [1.807, 2.05) is 30.3 Å². The highest BCUT2D eigenvalue weighted by atomic mass is 32.2. The van der Waals surface area contributed by atoms with E-state index in [0.717, 1.165) is 5.56 Å². The van der Waals surface area contributed by atoms with Gasteiger partial charge < -0.3 is 5.73 Å². The summed E-state index contributed by atoms with van der Waals surface area (Å²) in [6.07, 6.45) is 1.24. The Bertz CT molecular complexity index is 819. The molecule has 0 saturated heterocycles. The van der Waals surface area contributed by atoms with Crippen molar-refractivity contribution in [1.82, 2.24) is 0 Å². The fraction of sp³-hybridized carbons (Fsp3) is 0.0667. The van der Waals surface area contributed by atoms with Crippen LogP contribution in [0.5, 0.6) is 0 Å². The molecular weight excluding hydrogens is 334 g/mol. The maximum atomic E-state index is 11.2. The third-order valence-corrected chi connectivity index (χ3v) is 4.56. The van der Waals surface area contributed by atoms with Crippen LogP contribution in [-0.2, 0) is 15.9 Å². The highest BCUT2D eigenvalue weighted by molar-refractivity contribution is 8.13. The third-order valence-electron chi connectivity index (χ3n) is 2.78. The quantitative estimate of drug-likeness (QED) is 0.373. The molecule has 0 saturated carbocycles. The Labute approximate surface area is 138 Å². The Morgan fingerprint density at radius 2 is 1.78 bits per heavy atom. The molecule has 0 unspecified atom stereocenters. The summed E-state index contributed by atoms with van der Waals surface area (Å²) in [5, 5.41) is 7.84. The van der Waals surface area contributed by atoms with Crippen LogP contribution in [0.2, 0.25) is 0 Å². The molecule has 6 nitrogen and oxygen atoms in total. The van der Waals surface area contributed by atoms with E-state index in [4.69, 9.17) is 10.3 Å². The number of thioether (sulfide) groups is 1. The molecule has 0 radical (unpaired) electrons. The van der Waals surface area contributed by atoms with Crippen LogP contribution < -0.4 is 5.73 Å². The Morgan fingerprint density at radius 3 is 2.48 bits per heavy atom. The summed E-state index contributed by atoms with van der Waals surface area (Å²) in [7, 11) is -4.31. The minimum atomic E-state index is -4.31. The molecule has 0 spiro atoms. The van der Waals surface area contributed by atoms with Crippen LogP contribution in [0.1, 0.15) is 11.1 Å². The van der Waals surface area contributed by atoms with Gasteiger partial charge in [0.05, 0.1) is 6.21 Å². The molecular formula is C15H15N3O3S2. The lowest BCUT2D eigenvalue weighted by molar-refractivity contribution is 0.483. The van der Waals surface area contributed by atoms with Gasteiger partial charge in [0.1, 0.15) is 4.90 Å². The van der Waals surface area contributed by atoms with Gasteiger partial charge in [-0.2, -0.15) is 13.5 Å². The van der Waals surface area contributed by atoms with Gasteiger partial charge in [0.2, 0.25) is 0 Å². The minimum Gasteiger partial charge on any atom is -0.377 e. The smallest absolute Gasteiger partial charge is 0.295 e. The van der Waals surface area contributed by atoms with Crippen LogP contribution in [0.15, 0.2) is 69.7 Å². The second kappa shape index (κ2) is 7.91. The molecule has 8 heteroatoms. The second-order valence-corrected chi connectivity index (χ2v) is 6.86. The van der Waals surface area contributed by atoms with E-state index >= 15 is 0 Å². The maximum absolute atomic E-state index is 11.2. The topological polar surface area (TPSA) is 105 Å². The SMILES string of the molecule is NC(=NN=Cc1ccccc1S(=O)(=O)O)SCc1ccccc1. The number of nitrogens with zero attached hydrogens (tertiary/aromatic N) is 2. The molecule has 3 N–H and O–H groups in total. The van der Waals surface area contributed by atoms with Gasteiger partial charge in [-0.05, 0) is 11.6 Å². The van der Waals surface area contributed by atoms with E-state index in [1.165, 1.54) is 36.2 Å². The van der Waals surface area contributed by atoms with Gasteiger partial charge in [-0.3, -0.25) is 4.55 Å². The molecule has 0 fully saturated rings. The fourth-order valence-corrected chi connectivity index (χ4v) is 3.01. The second-order valence-electron chi connectivity index (χ2n) is 4.47. The highest BCUT2D eigenvalue weighted by Gasteiger charge is 2.12. The van der Waals surface area contributed by atoms with Crippen molar-refractivity contribution >= 4 is 33.3 Å². The summed E-state index contributed by atoms with van der Waals surface area (Å²) in [5.74, 6) is 0.660. The van der Waals surface area contributed by atoms with Gasteiger partial charge in [0.15, 0.2) is 5.17 Å². The predicted molar refractivity (Wildman–Crippen MR) is 93.2 cm³/mol. The molecule has 2 aromatic rings. The summed E-state index contributed by atoms with van der Waals surface area (Å²) in [6.45, 7) is 0. The first-order valence-corrected chi connectivity index (χ1v) is 8.99. The molecule has 0 bridgehead atoms. The maximum Gasteiger partial charge on any atom is 0.295 e. The first-order valence-electron chi connectivity index (χ1n) is 6.56. The van der Waals surface area contributed by atoms with Crippen molar-refractivity contribution in [3.8, 4) is 0 Å². The molecule has 0 amide bonds. The van der Waals surface area contributed by atoms with E-state index in [9.17, 15) is 8.42 Å². The molecule has 2 rings (SSSR count). The summed E-state index contributed by atoms with van der Waals surface area (Å²) >= 11 is 1.32. The predicted octanol–water partition coefficient (Wildman–Crippen LogP) is 2.52. The van der Waals surface area contributed by atoms with Crippen LogP contribution >= 0.6 is 11.8 Å². The number of amidine groups is 1. The van der Waals surface area contributed by atoms with E-state index in [1.54, 1.807) is 6.07 Å². The highest BCUT2D eigenvalue weighted by Crippen LogP contribution is 2.14. The van der Waals surface area contributed by atoms with Crippen LogP contribution in [-0.4, -0.2) is 24.4 Å². The Morgan fingerprint density at radius 1 is 1.13 bits per heavy atom. The summed E-state index contributed by atoms with van der Waals surface area (Å²) in [4.78, 5) is -0.227. The van der Waals surface area contributed by atoms with Crippen molar-refractivity contribution in [3.05, 3.63) is 65.7 Å². The molecule has 0 aliphatic carbocycles. The molecule has 120 valence electrons. The molecule has 23 heavy (non-hydrogen) atoms. The Balaban J connectivity index is 2.03. The van der Waals surface area contributed by atoms with Gasteiger partial charge in [-0.25, -0.2) is 0 Å². The number of benzene rings is 2. The van der Waals surface area contributed by atoms with Gasteiger partial charge >= 0.3 is 0 Å². The van der Waals surface area contributed by atoms with Gasteiger partial charge in [0.25, 0.3) is 10.1 Å². The summed E-state index contributed by atoms with van der Waals surface area (Å²) in [5.41, 5.74) is 7.08. The first-order chi connectivity index (χ1) is 11.0. The van der Waals surface area contributed by atoms with Crippen molar-refractivity contribution in [3.63, 3.8) is 0 Å². The largest absolute Gasteiger partial charge is 0.377 e. The van der Waals surface area contributed by atoms with Crippen molar-refractivity contribution in [2.45, 2.75) is 10.6 Å². The number of hydrogen-bond acceptors (Lipinski definition) is 5. The van der Waals surface area contributed by atoms with Gasteiger partial charge in [-0.1, -0.05) is 60.3 Å². The fourth-order valence-electron chi connectivity index (χ4n) is 1.73. The van der Waals surface area contributed by atoms with Crippen LogP contribution in [0.3, 0.4) is 0 Å². The lowest BCUT2D eigenvalue weighted by atomic mass is 10.2. The lowest BCUT2D eigenvalue weighted by Crippen LogP contribution is -2.06. The first kappa shape index (κ1) is 17.2. The van der Waals surface area contributed by atoms with Gasteiger partial charge in [0, 0.05) is 11.3 Å². The summed E-state index contributed by atoms with van der Waals surface area (Å²) < 4.78 is 31.6. The summed E-state index contributed by atoms with van der Waals surface area (Å²) in [6, 6.07) is 15.7. The normalized spacial score (nSPS) is 12.7. The van der Waals surface area contributed by atoms with Crippen molar-refractivity contribution in [2.75, 3.05) is 0 Å². The zero-order valence-corrected chi connectivity index (χ0v) is 13.7. The molecule has 0 aromatic heterocycles. The van der Waals surface area contributed by atoms with Crippen molar-refractivity contribution in [1.29, 1.82) is 0 Å².